The molecule has 0 atom stereocenters. The Morgan fingerprint density at radius 2 is 1.88 bits per heavy atom. The second kappa shape index (κ2) is 6.12. The molecule has 0 unspecified atom stereocenters. The third-order valence-electron chi connectivity index (χ3n) is 2.26. The fourth-order valence-corrected chi connectivity index (χ4v) is 2.18. The maximum atomic E-state index is 10.8. The summed E-state index contributed by atoms with van der Waals surface area (Å²) in [6.07, 6.45) is 2.19. The van der Waals surface area contributed by atoms with Gasteiger partial charge >= 0.3 is 0 Å². The van der Waals surface area contributed by atoms with Crippen molar-refractivity contribution >= 4 is 29.0 Å². The van der Waals surface area contributed by atoms with Gasteiger partial charge in [0.15, 0.2) is 5.75 Å². The summed E-state index contributed by atoms with van der Waals surface area (Å²) in [5, 5.41) is 1.01. The predicted molar refractivity (Wildman–Crippen MR) is 66.6 cm³/mol. The van der Waals surface area contributed by atoms with Gasteiger partial charge in [-0.05, 0) is 37.5 Å². The van der Waals surface area contributed by atoms with Crippen LogP contribution >= 0.6 is 23.2 Å². The quantitative estimate of drug-likeness (QED) is 0.803. The molecule has 0 aliphatic heterocycles. The summed E-state index contributed by atoms with van der Waals surface area (Å²) in [5.74, 6) is 0.698. The average Bonchev–Trinajstić information content (AvgIpc) is 2.16. The van der Waals surface area contributed by atoms with Crippen molar-refractivity contribution in [1.82, 2.24) is 0 Å². The van der Waals surface area contributed by atoms with E-state index in [1.54, 1.807) is 6.92 Å². The minimum absolute atomic E-state index is 0.200. The van der Waals surface area contributed by atoms with Crippen LogP contribution in [-0.4, -0.2) is 12.9 Å². The Hall–Kier alpha value is -0.730. The largest absolute Gasteiger partial charge is 0.494 e. The van der Waals surface area contributed by atoms with Gasteiger partial charge in [-0.25, -0.2) is 0 Å². The third-order valence-corrected chi connectivity index (χ3v) is 2.82. The number of carbonyl (C=O) groups is 1. The smallest absolute Gasteiger partial charge is 0.156 e. The second-order valence-corrected chi connectivity index (χ2v) is 4.46. The van der Waals surface area contributed by atoms with E-state index in [1.165, 1.54) is 7.11 Å². The molecule has 16 heavy (non-hydrogen) atoms. The van der Waals surface area contributed by atoms with Gasteiger partial charge in [-0.15, -0.1) is 0 Å². The number of aryl methyl sites for hydroxylation is 1. The Morgan fingerprint density at radius 1 is 1.31 bits per heavy atom. The summed E-state index contributed by atoms with van der Waals surface area (Å²) in [6, 6.07) is 3.65. The highest BCUT2D eigenvalue weighted by atomic mass is 35.5. The molecule has 0 aliphatic rings. The molecule has 0 aromatic heterocycles. The number of rotatable bonds is 5. The van der Waals surface area contributed by atoms with Crippen molar-refractivity contribution in [2.24, 2.45) is 0 Å². The van der Waals surface area contributed by atoms with Gasteiger partial charge in [0.25, 0.3) is 0 Å². The third kappa shape index (κ3) is 3.69. The Morgan fingerprint density at radius 3 is 2.31 bits per heavy atom. The molecule has 0 N–H and O–H groups in total. The molecule has 1 rings (SSSR count). The SMILES string of the molecule is COc1c(Cl)cc(CCCC(C)=O)cc1Cl. The van der Waals surface area contributed by atoms with Gasteiger partial charge in [-0.1, -0.05) is 23.2 Å². The highest BCUT2D eigenvalue weighted by molar-refractivity contribution is 6.37. The minimum atomic E-state index is 0.200. The van der Waals surface area contributed by atoms with Crippen LogP contribution in [0.5, 0.6) is 5.75 Å². The molecule has 2 nitrogen and oxygen atoms in total. The zero-order valence-corrected chi connectivity index (χ0v) is 10.9. The summed E-state index contributed by atoms with van der Waals surface area (Å²) in [7, 11) is 1.53. The van der Waals surface area contributed by atoms with Crippen molar-refractivity contribution in [3.63, 3.8) is 0 Å². The maximum absolute atomic E-state index is 10.8. The zero-order valence-electron chi connectivity index (χ0n) is 9.35. The zero-order chi connectivity index (χ0) is 12.1. The van der Waals surface area contributed by atoms with Crippen molar-refractivity contribution < 1.29 is 9.53 Å². The molecular formula is C12H14Cl2O2. The van der Waals surface area contributed by atoms with Crippen molar-refractivity contribution in [2.45, 2.75) is 26.2 Å². The highest BCUT2D eigenvalue weighted by Gasteiger charge is 2.08. The van der Waals surface area contributed by atoms with Gasteiger partial charge in [0.2, 0.25) is 0 Å². The molecule has 0 bridgehead atoms. The number of hydrogen-bond donors (Lipinski definition) is 0. The Kier molecular flexibility index (Phi) is 5.10. The number of hydrogen-bond acceptors (Lipinski definition) is 2. The molecular weight excluding hydrogens is 247 g/mol. The van der Waals surface area contributed by atoms with Crippen LogP contribution in [0.2, 0.25) is 10.0 Å². The Bertz CT molecular complexity index is 366. The first-order valence-corrected chi connectivity index (χ1v) is 5.81. The summed E-state index contributed by atoms with van der Waals surface area (Å²) in [5.41, 5.74) is 1.03. The van der Waals surface area contributed by atoms with Crippen molar-refractivity contribution in [3.05, 3.63) is 27.7 Å². The number of Topliss-reactive ketones (excluding diaryl/α,β-unsaturated/α-hetero) is 1. The monoisotopic (exact) mass is 260 g/mol. The van der Waals surface area contributed by atoms with E-state index < -0.39 is 0 Å². The molecule has 0 saturated heterocycles. The lowest BCUT2D eigenvalue weighted by atomic mass is 10.1. The van der Waals surface area contributed by atoms with E-state index in [0.717, 1.165) is 18.4 Å². The van der Waals surface area contributed by atoms with Crippen LogP contribution in [0.3, 0.4) is 0 Å². The topological polar surface area (TPSA) is 26.3 Å². The predicted octanol–water partition coefficient (Wildman–Crippen LogP) is 3.91. The van der Waals surface area contributed by atoms with Gasteiger partial charge < -0.3 is 9.53 Å². The summed E-state index contributed by atoms with van der Waals surface area (Å²) >= 11 is 12.0. The second-order valence-electron chi connectivity index (χ2n) is 3.65. The molecule has 0 heterocycles. The molecule has 1 aromatic carbocycles. The van der Waals surface area contributed by atoms with Crippen LogP contribution in [-0.2, 0) is 11.2 Å². The van der Waals surface area contributed by atoms with E-state index in [-0.39, 0.29) is 5.78 Å². The molecule has 1 aromatic rings. The van der Waals surface area contributed by atoms with E-state index in [9.17, 15) is 4.79 Å². The van der Waals surface area contributed by atoms with E-state index in [1.807, 2.05) is 12.1 Å². The van der Waals surface area contributed by atoms with Gasteiger partial charge in [-0.2, -0.15) is 0 Å². The van der Waals surface area contributed by atoms with Crippen LogP contribution in [0, 0.1) is 0 Å². The first-order chi connectivity index (χ1) is 7.54. The van der Waals surface area contributed by atoms with Crippen molar-refractivity contribution in [3.8, 4) is 5.75 Å². The van der Waals surface area contributed by atoms with Crippen LogP contribution in [0.15, 0.2) is 12.1 Å². The van der Waals surface area contributed by atoms with Crippen molar-refractivity contribution in [1.29, 1.82) is 0 Å². The minimum Gasteiger partial charge on any atom is -0.494 e. The molecule has 0 radical (unpaired) electrons. The number of carbonyl (C=O) groups excluding carboxylic acids is 1. The summed E-state index contributed by atoms with van der Waals surface area (Å²) < 4.78 is 5.06. The van der Waals surface area contributed by atoms with Gasteiger partial charge in [0.05, 0.1) is 17.2 Å². The first kappa shape index (κ1) is 13.3. The maximum Gasteiger partial charge on any atom is 0.156 e. The molecule has 0 amide bonds. The van der Waals surface area contributed by atoms with E-state index in [4.69, 9.17) is 27.9 Å². The number of halogens is 2. The van der Waals surface area contributed by atoms with Crippen LogP contribution in [0.1, 0.15) is 25.3 Å². The highest BCUT2D eigenvalue weighted by Crippen LogP contribution is 2.34. The fraction of sp³-hybridized carbons (Fsp3) is 0.417. The lowest BCUT2D eigenvalue weighted by Gasteiger charge is -2.08. The van der Waals surface area contributed by atoms with E-state index in [2.05, 4.69) is 0 Å². The molecule has 0 aliphatic carbocycles. The van der Waals surface area contributed by atoms with Crippen LogP contribution in [0.4, 0.5) is 0 Å². The lowest BCUT2D eigenvalue weighted by molar-refractivity contribution is -0.117. The fourth-order valence-electron chi connectivity index (χ4n) is 1.49. The standard InChI is InChI=1S/C12H14Cl2O2/c1-8(15)4-3-5-9-6-10(13)12(16-2)11(14)7-9/h6-7H,3-5H2,1-2H3. The van der Waals surface area contributed by atoms with E-state index in [0.29, 0.717) is 22.2 Å². The van der Waals surface area contributed by atoms with Crippen molar-refractivity contribution in [2.75, 3.05) is 7.11 Å². The summed E-state index contributed by atoms with van der Waals surface area (Å²) in [6.45, 7) is 1.59. The molecule has 0 fully saturated rings. The molecule has 4 heteroatoms. The number of methoxy groups -OCH3 is 1. The Balaban J connectivity index is 2.72. The molecule has 0 spiro atoms. The lowest BCUT2D eigenvalue weighted by Crippen LogP contribution is -1.94. The van der Waals surface area contributed by atoms with E-state index >= 15 is 0 Å². The normalized spacial score (nSPS) is 10.2. The number of ketones is 1. The number of ether oxygens (including phenoxy) is 1. The van der Waals surface area contributed by atoms with Gasteiger partial charge in [0, 0.05) is 6.42 Å². The number of benzene rings is 1. The molecule has 88 valence electrons. The van der Waals surface area contributed by atoms with Gasteiger partial charge in [-0.3, -0.25) is 0 Å². The molecule has 0 saturated carbocycles. The Labute approximate surface area is 106 Å². The van der Waals surface area contributed by atoms with Crippen LogP contribution in [0.25, 0.3) is 0 Å². The van der Waals surface area contributed by atoms with Crippen LogP contribution < -0.4 is 4.74 Å². The average molecular weight is 261 g/mol. The summed E-state index contributed by atoms with van der Waals surface area (Å²) in [4.78, 5) is 10.8. The van der Waals surface area contributed by atoms with Gasteiger partial charge in [0.1, 0.15) is 5.78 Å². The first-order valence-electron chi connectivity index (χ1n) is 5.06.